The molecule has 0 bridgehead atoms. The third-order valence-electron chi connectivity index (χ3n) is 3.67. The zero-order valence-electron chi connectivity index (χ0n) is 12.2. The molecule has 2 aromatic carbocycles. The van der Waals surface area contributed by atoms with Crippen molar-refractivity contribution in [2.75, 3.05) is 0 Å². The van der Waals surface area contributed by atoms with Crippen molar-refractivity contribution in [3.63, 3.8) is 0 Å². The highest BCUT2D eigenvalue weighted by Crippen LogP contribution is 2.31. The molecule has 0 aliphatic rings. The fraction of sp³-hybridized carbons (Fsp3) is 0.235. The molecule has 0 saturated heterocycles. The molecule has 1 aromatic heterocycles. The number of imidazole rings is 1. The summed E-state index contributed by atoms with van der Waals surface area (Å²) in [4.78, 5) is 4.69. The molecule has 3 aromatic rings. The summed E-state index contributed by atoms with van der Waals surface area (Å²) in [6, 6.07) is 12.1. The summed E-state index contributed by atoms with van der Waals surface area (Å²) in [6.07, 6.45) is 0. The molecule has 1 heterocycles. The smallest absolute Gasteiger partial charge is 0.132 e. The van der Waals surface area contributed by atoms with E-state index in [0.717, 1.165) is 33.1 Å². The van der Waals surface area contributed by atoms with Crippen LogP contribution in [0.4, 0.5) is 0 Å². The van der Waals surface area contributed by atoms with Crippen molar-refractivity contribution in [2.24, 2.45) is 0 Å². The van der Waals surface area contributed by atoms with E-state index in [1.165, 1.54) is 5.56 Å². The highest BCUT2D eigenvalue weighted by atomic mass is 35.5. The normalized spacial score (nSPS) is 12.8. The average Bonchev–Trinajstić information content (AvgIpc) is 2.83. The lowest BCUT2D eigenvalue weighted by atomic mass is 10.2. The van der Waals surface area contributed by atoms with Crippen molar-refractivity contribution < 1.29 is 0 Å². The van der Waals surface area contributed by atoms with Crippen molar-refractivity contribution in [3.8, 4) is 5.69 Å². The molecule has 4 heteroatoms. The monoisotopic (exact) mass is 318 g/mol. The first kappa shape index (κ1) is 14.4. The lowest BCUT2D eigenvalue weighted by Crippen LogP contribution is -2.02. The summed E-state index contributed by atoms with van der Waals surface area (Å²) >= 11 is 12.6. The fourth-order valence-electron chi connectivity index (χ4n) is 2.56. The molecular formula is C17H16Cl2N2. The van der Waals surface area contributed by atoms with Gasteiger partial charge in [0.2, 0.25) is 0 Å². The number of benzene rings is 2. The van der Waals surface area contributed by atoms with Gasteiger partial charge in [0, 0.05) is 10.7 Å². The lowest BCUT2D eigenvalue weighted by Gasteiger charge is -2.13. The summed E-state index contributed by atoms with van der Waals surface area (Å²) in [7, 11) is 0. The van der Waals surface area contributed by atoms with Gasteiger partial charge in [-0.3, -0.25) is 4.57 Å². The number of aryl methyl sites for hydroxylation is 2. The van der Waals surface area contributed by atoms with Crippen molar-refractivity contribution in [3.05, 3.63) is 58.4 Å². The number of hydrogen-bond acceptors (Lipinski definition) is 1. The van der Waals surface area contributed by atoms with Gasteiger partial charge in [-0.05, 0) is 50.1 Å². The van der Waals surface area contributed by atoms with Gasteiger partial charge in [-0.1, -0.05) is 29.8 Å². The Morgan fingerprint density at radius 2 is 1.86 bits per heavy atom. The number of aromatic nitrogens is 2. The predicted octanol–water partition coefficient (Wildman–Crippen LogP) is 5.60. The van der Waals surface area contributed by atoms with E-state index in [0.29, 0.717) is 0 Å². The zero-order valence-corrected chi connectivity index (χ0v) is 13.7. The van der Waals surface area contributed by atoms with E-state index in [2.05, 4.69) is 28.6 Å². The molecule has 0 radical (unpaired) electrons. The molecule has 21 heavy (non-hydrogen) atoms. The van der Waals surface area contributed by atoms with Crippen molar-refractivity contribution in [1.82, 2.24) is 9.55 Å². The Hall–Kier alpha value is -1.51. The maximum atomic E-state index is 6.34. The number of fused-ring (bicyclic) bond motifs is 1. The molecule has 108 valence electrons. The molecule has 0 fully saturated rings. The highest BCUT2D eigenvalue weighted by Gasteiger charge is 2.17. The second-order valence-electron chi connectivity index (χ2n) is 5.30. The van der Waals surface area contributed by atoms with Gasteiger partial charge in [-0.25, -0.2) is 4.98 Å². The van der Waals surface area contributed by atoms with Gasteiger partial charge in [-0.2, -0.15) is 0 Å². The standard InChI is InChI=1S/C17H16Cl2N2/c1-10-7-8-13(9-14(10)19)21-16-11(2)5-4-6-15(16)20-17(21)12(3)18/h4-9,12H,1-3H3. The van der Waals surface area contributed by atoms with Gasteiger partial charge in [0.15, 0.2) is 0 Å². The molecule has 1 unspecified atom stereocenters. The molecule has 1 atom stereocenters. The van der Waals surface area contributed by atoms with Crippen molar-refractivity contribution in [1.29, 1.82) is 0 Å². The van der Waals surface area contributed by atoms with Crippen LogP contribution >= 0.6 is 23.2 Å². The van der Waals surface area contributed by atoms with Gasteiger partial charge in [0.1, 0.15) is 5.82 Å². The van der Waals surface area contributed by atoms with Crippen LogP contribution in [0, 0.1) is 13.8 Å². The summed E-state index contributed by atoms with van der Waals surface area (Å²) in [6.45, 7) is 6.01. The number of hydrogen-bond donors (Lipinski definition) is 0. The van der Waals surface area contributed by atoms with Gasteiger partial charge in [0.25, 0.3) is 0 Å². The van der Waals surface area contributed by atoms with E-state index < -0.39 is 0 Å². The SMILES string of the molecule is Cc1ccc(-n2c(C(C)Cl)nc3cccc(C)c32)cc1Cl. The number of rotatable bonds is 2. The number of nitrogens with zero attached hydrogens (tertiary/aromatic N) is 2. The Morgan fingerprint density at radius 3 is 2.52 bits per heavy atom. The third-order valence-corrected chi connectivity index (χ3v) is 4.28. The largest absolute Gasteiger partial charge is 0.295 e. The third kappa shape index (κ3) is 2.43. The van der Waals surface area contributed by atoms with Crippen LogP contribution in [0.5, 0.6) is 0 Å². The quantitative estimate of drug-likeness (QED) is 0.563. The first-order valence-electron chi connectivity index (χ1n) is 6.87. The summed E-state index contributed by atoms with van der Waals surface area (Å²) in [5.74, 6) is 0.834. The number of alkyl halides is 1. The van der Waals surface area contributed by atoms with Crippen LogP contribution < -0.4 is 0 Å². The summed E-state index contributed by atoms with van der Waals surface area (Å²) in [5, 5.41) is 0.563. The number of halogens is 2. The second-order valence-corrected chi connectivity index (χ2v) is 6.36. The second kappa shape index (κ2) is 5.36. The Labute approximate surface area is 134 Å². The molecule has 0 spiro atoms. The van der Waals surface area contributed by atoms with E-state index in [1.54, 1.807) is 0 Å². The molecule has 0 aliphatic heterocycles. The van der Waals surface area contributed by atoms with Gasteiger partial charge >= 0.3 is 0 Å². The van der Waals surface area contributed by atoms with Crippen molar-refractivity contribution >= 4 is 34.2 Å². The van der Waals surface area contributed by atoms with E-state index >= 15 is 0 Å². The zero-order chi connectivity index (χ0) is 15.1. The fourth-order valence-corrected chi connectivity index (χ4v) is 2.88. The van der Waals surface area contributed by atoms with Crippen LogP contribution in [0.3, 0.4) is 0 Å². The lowest BCUT2D eigenvalue weighted by molar-refractivity contribution is 0.881. The van der Waals surface area contributed by atoms with E-state index in [9.17, 15) is 0 Å². The van der Waals surface area contributed by atoms with Crippen molar-refractivity contribution in [2.45, 2.75) is 26.1 Å². The van der Waals surface area contributed by atoms with Crippen LogP contribution in [-0.2, 0) is 0 Å². The minimum absolute atomic E-state index is 0.183. The van der Waals surface area contributed by atoms with Crippen LogP contribution in [0.15, 0.2) is 36.4 Å². The first-order valence-corrected chi connectivity index (χ1v) is 7.69. The Bertz CT molecular complexity index is 819. The maximum Gasteiger partial charge on any atom is 0.132 e. The molecular weight excluding hydrogens is 303 g/mol. The molecule has 0 amide bonds. The van der Waals surface area contributed by atoms with Crippen LogP contribution in [0.1, 0.15) is 29.3 Å². The van der Waals surface area contributed by atoms with Gasteiger partial charge in [-0.15, -0.1) is 11.6 Å². The topological polar surface area (TPSA) is 17.8 Å². The highest BCUT2D eigenvalue weighted by molar-refractivity contribution is 6.31. The van der Waals surface area contributed by atoms with E-state index in [1.807, 2.05) is 38.1 Å². The van der Waals surface area contributed by atoms with E-state index in [-0.39, 0.29) is 5.38 Å². The molecule has 3 rings (SSSR count). The Kier molecular flexibility index (Phi) is 3.68. The first-order chi connectivity index (χ1) is 9.99. The number of para-hydroxylation sites is 1. The Balaban J connectivity index is 2.38. The minimum atomic E-state index is -0.183. The minimum Gasteiger partial charge on any atom is -0.295 e. The molecule has 0 N–H and O–H groups in total. The predicted molar refractivity (Wildman–Crippen MR) is 89.8 cm³/mol. The van der Waals surface area contributed by atoms with Crippen LogP contribution in [-0.4, -0.2) is 9.55 Å². The average molecular weight is 319 g/mol. The Morgan fingerprint density at radius 1 is 1.10 bits per heavy atom. The molecule has 0 aliphatic carbocycles. The summed E-state index contributed by atoms with van der Waals surface area (Å²) < 4.78 is 2.10. The maximum absolute atomic E-state index is 6.34. The molecule has 2 nitrogen and oxygen atoms in total. The molecule has 0 saturated carbocycles. The van der Waals surface area contributed by atoms with E-state index in [4.69, 9.17) is 23.2 Å². The van der Waals surface area contributed by atoms with Gasteiger partial charge < -0.3 is 0 Å². The summed E-state index contributed by atoms with van der Waals surface area (Å²) in [5.41, 5.74) is 5.25. The van der Waals surface area contributed by atoms with Crippen LogP contribution in [0.2, 0.25) is 5.02 Å². The van der Waals surface area contributed by atoms with Gasteiger partial charge in [0.05, 0.1) is 16.4 Å². The van der Waals surface area contributed by atoms with Crippen LogP contribution in [0.25, 0.3) is 16.7 Å².